The number of unbranched alkanes of at least 4 members (excludes halogenated alkanes) is 25. The van der Waals surface area contributed by atoms with Crippen molar-refractivity contribution >= 4 is 19.8 Å². The number of hydrogen-bond acceptors (Lipinski definition) is 6. The number of phosphoric ester groups is 1. The molecule has 0 radical (unpaired) electrons. The smallest absolute Gasteiger partial charge is 0.462 e. The van der Waals surface area contributed by atoms with Gasteiger partial charge < -0.3 is 19.3 Å². The molecular formula is C42H79O8P. The van der Waals surface area contributed by atoms with E-state index in [4.69, 9.17) is 19.3 Å². The van der Waals surface area contributed by atoms with Crippen molar-refractivity contribution in [3.05, 3.63) is 24.3 Å². The predicted molar refractivity (Wildman–Crippen MR) is 212 cm³/mol. The van der Waals surface area contributed by atoms with E-state index in [1.165, 1.54) is 122 Å². The summed E-state index contributed by atoms with van der Waals surface area (Å²) in [4.78, 5) is 42.8. The molecule has 0 fully saturated rings. The second-order valence-electron chi connectivity index (χ2n) is 14.3. The Balaban J connectivity index is 3.89. The monoisotopic (exact) mass is 743 g/mol. The van der Waals surface area contributed by atoms with E-state index in [9.17, 15) is 14.2 Å². The Morgan fingerprint density at radius 2 is 0.882 bits per heavy atom. The minimum atomic E-state index is -4.75. The van der Waals surface area contributed by atoms with Crippen molar-refractivity contribution in [3.8, 4) is 0 Å². The molecule has 300 valence electrons. The van der Waals surface area contributed by atoms with Gasteiger partial charge in [-0.25, -0.2) is 4.57 Å². The predicted octanol–water partition coefficient (Wildman–Crippen LogP) is 12.8. The number of phosphoric acid groups is 1. The van der Waals surface area contributed by atoms with Crippen LogP contribution in [-0.4, -0.2) is 41.0 Å². The van der Waals surface area contributed by atoms with Crippen LogP contribution in [0.3, 0.4) is 0 Å². The molecule has 0 aliphatic carbocycles. The molecule has 0 spiro atoms. The summed E-state index contributed by atoms with van der Waals surface area (Å²) in [6.45, 7) is 3.67. The van der Waals surface area contributed by atoms with Gasteiger partial charge in [0.25, 0.3) is 0 Å². The summed E-state index contributed by atoms with van der Waals surface area (Å²) in [6.07, 6.45) is 43.3. The molecule has 0 saturated heterocycles. The zero-order valence-corrected chi connectivity index (χ0v) is 33.9. The molecule has 1 atom stereocenters. The minimum absolute atomic E-state index is 0.199. The third kappa shape index (κ3) is 41.2. The molecule has 9 heteroatoms. The number of carbonyl (C=O) groups is 2. The number of ether oxygens (including phenoxy) is 2. The van der Waals surface area contributed by atoms with Crippen LogP contribution in [0.5, 0.6) is 0 Å². The molecule has 8 nitrogen and oxygen atoms in total. The summed E-state index contributed by atoms with van der Waals surface area (Å²) >= 11 is 0. The van der Waals surface area contributed by atoms with E-state index in [0.717, 1.165) is 57.8 Å². The number of allylic oxidation sites excluding steroid dienone is 4. The highest BCUT2D eigenvalue weighted by Gasteiger charge is 2.22. The van der Waals surface area contributed by atoms with E-state index in [1.54, 1.807) is 0 Å². The van der Waals surface area contributed by atoms with E-state index in [2.05, 4.69) is 42.7 Å². The topological polar surface area (TPSA) is 119 Å². The highest BCUT2D eigenvalue weighted by molar-refractivity contribution is 7.46. The quantitative estimate of drug-likeness (QED) is 0.0276. The molecule has 0 saturated carbocycles. The Morgan fingerprint density at radius 3 is 1.33 bits per heavy atom. The largest absolute Gasteiger partial charge is 0.469 e. The van der Waals surface area contributed by atoms with Crippen molar-refractivity contribution in [1.29, 1.82) is 0 Å². The normalized spacial score (nSPS) is 12.6. The molecule has 51 heavy (non-hydrogen) atoms. The van der Waals surface area contributed by atoms with Gasteiger partial charge in [0.05, 0.1) is 6.61 Å². The number of esters is 2. The van der Waals surface area contributed by atoms with Crippen LogP contribution < -0.4 is 0 Å². The maximum absolute atomic E-state index is 12.4. The van der Waals surface area contributed by atoms with Crippen molar-refractivity contribution < 1.29 is 37.9 Å². The Bertz CT molecular complexity index is 884. The van der Waals surface area contributed by atoms with Gasteiger partial charge in [-0.15, -0.1) is 0 Å². The SMILES string of the molecule is CCCCC/C=C/C/C=C/CCCCCCCC(=O)O[C@H](COC(=O)CCCCCCCCCCCCCCCCCCCC)COP(=O)(O)O. The molecule has 0 aromatic heterocycles. The molecule has 0 aromatic carbocycles. The molecule has 0 heterocycles. The van der Waals surface area contributed by atoms with Gasteiger partial charge in [-0.05, 0) is 44.9 Å². The third-order valence-electron chi connectivity index (χ3n) is 9.22. The molecule has 0 unspecified atom stereocenters. The van der Waals surface area contributed by atoms with E-state index in [1.807, 2.05) is 0 Å². The molecular weight excluding hydrogens is 663 g/mol. The van der Waals surface area contributed by atoms with Crippen LogP contribution in [-0.2, 0) is 28.2 Å². The van der Waals surface area contributed by atoms with Crippen molar-refractivity contribution in [2.75, 3.05) is 13.2 Å². The molecule has 0 aliphatic rings. The summed E-state index contributed by atoms with van der Waals surface area (Å²) in [5, 5.41) is 0. The third-order valence-corrected chi connectivity index (χ3v) is 9.71. The van der Waals surface area contributed by atoms with Gasteiger partial charge in [-0.1, -0.05) is 179 Å². The first-order valence-electron chi connectivity index (χ1n) is 21.1. The van der Waals surface area contributed by atoms with E-state index < -0.39 is 32.5 Å². The first kappa shape index (κ1) is 49.5. The van der Waals surface area contributed by atoms with Gasteiger partial charge in [0.1, 0.15) is 6.61 Å². The number of hydrogen-bond donors (Lipinski definition) is 2. The number of carbonyl (C=O) groups excluding carboxylic acids is 2. The zero-order chi connectivity index (χ0) is 37.5. The van der Waals surface area contributed by atoms with E-state index in [-0.39, 0.29) is 19.4 Å². The van der Waals surface area contributed by atoms with Gasteiger partial charge >= 0.3 is 19.8 Å². The lowest BCUT2D eigenvalue weighted by molar-refractivity contribution is -0.161. The highest BCUT2D eigenvalue weighted by atomic mass is 31.2. The Labute approximate surface area is 313 Å². The van der Waals surface area contributed by atoms with Gasteiger partial charge in [-0.3, -0.25) is 14.1 Å². The van der Waals surface area contributed by atoms with Crippen molar-refractivity contribution in [2.24, 2.45) is 0 Å². The fraction of sp³-hybridized carbons (Fsp3) is 0.857. The van der Waals surface area contributed by atoms with Crippen LogP contribution in [0.2, 0.25) is 0 Å². The van der Waals surface area contributed by atoms with Crippen LogP contribution in [0.4, 0.5) is 0 Å². The molecule has 0 bridgehead atoms. The van der Waals surface area contributed by atoms with Crippen LogP contribution in [0, 0.1) is 0 Å². The molecule has 0 aromatic rings. The molecule has 0 aliphatic heterocycles. The number of rotatable bonds is 39. The molecule has 2 N–H and O–H groups in total. The minimum Gasteiger partial charge on any atom is -0.462 e. The van der Waals surface area contributed by atoms with Crippen molar-refractivity contribution in [3.63, 3.8) is 0 Å². The second kappa shape index (κ2) is 38.3. The lowest BCUT2D eigenvalue weighted by Crippen LogP contribution is -2.29. The average molecular weight is 743 g/mol. The second-order valence-corrected chi connectivity index (χ2v) is 15.6. The van der Waals surface area contributed by atoms with Crippen LogP contribution >= 0.6 is 7.82 Å². The first-order chi connectivity index (χ1) is 24.8. The fourth-order valence-electron chi connectivity index (χ4n) is 6.05. The fourth-order valence-corrected chi connectivity index (χ4v) is 6.41. The lowest BCUT2D eigenvalue weighted by atomic mass is 10.0. The summed E-state index contributed by atoms with van der Waals surface area (Å²) in [6, 6.07) is 0. The molecule has 0 amide bonds. The Hall–Kier alpha value is -1.47. The summed E-state index contributed by atoms with van der Waals surface area (Å²) in [7, 11) is -4.75. The summed E-state index contributed by atoms with van der Waals surface area (Å²) in [5.74, 6) is -0.892. The van der Waals surface area contributed by atoms with Gasteiger partial charge in [0.2, 0.25) is 0 Å². The van der Waals surface area contributed by atoms with Gasteiger partial charge in [0.15, 0.2) is 6.10 Å². The molecule has 0 rings (SSSR count). The zero-order valence-electron chi connectivity index (χ0n) is 33.0. The van der Waals surface area contributed by atoms with Gasteiger partial charge in [-0.2, -0.15) is 0 Å². The Morgan fingerprint density at radius 1 is 0.510 bits per heavy atom. The Kier molecular flexibility index (Phi) is 37.2. The average Bonchev–Trinajstić information content (AvgIpc) is 3.10. The van der Waals surface area contributed by atoms with Crippen LogP contribution in [0.25, 0.3) is 0 Å². The van der Waals surface area contributed by atoms with Gasteiger partial charge in [0, 0.05) is 12.8 Å². The summed E-state index contributed by atoms with van der Waals surface area (Å²) in [5.41, 5.74) is 0. The first-order valence-corrected chi connectivity index (χ1v) is 22.7. The lowest BCUT2D eigenvalue weighted by Gasteiger charge is -2.18. The maximum atomic E-state index is 12.4. The summed E-state index contributed by atoms with van der Waals surface area (Å²) < 4.78 is 26.4. The van der Waals surface area contributed by atoms with E-state index in [0.29, 0.717) is 6.42 Å². The maximum Gasteiger partial charge on any atom is 0.469 e. The van der Waals surface area contributed by atoms with Crippen molar-refractivity contribution in [2.45, 2.75) is 219 Å². The standard InChI is InChI=1S/C42H79O8P/c1-3-5-7-9-11-13-15-17-19-20-21-23-24-26-28-30-32-34-36-41(43)48-38-40(39-49-51(45,46)47)50-42(44)37-35-33-31-29-27-25-22-18-16-14-12-10-8-6-4-2/h12,14,18,22,40H,3-11,13,15-17,19-21,23-39H2,1-2H3,(H2,45,46,47)/b14-12+,22-18+/t40-/m1/s1. The highest BCUT2D eigenvalue weighted by Crippen LogP contribution is 2.36. The van der Waals surface area contributed by atoms with Crippen molar-refractivity contribution in [1.82, 2.24) is 0 Å². The van der Waals surface area contributed by atoms with Crippen LogP contribution in [0.15, 0.2) is 24.3 Å². The van der Waals surface area contributed by atoms with Crippen LogP contribution in [0.1, 0.15) is 213 Å². The van der Waals surface area contributed by atoms with E-state index >= 15 is 0 Å².